The van der Waals surface area contributed by atoms with Gasteiger partial charge in [-0.2, -0.15) is 0 Å². The summed E-state index contributed by atoms with van der Waals surface area (Å²) in [5, 5.41) is 0. The van der Waals surface area contributed by atoms with Crippen LogP contribution in [0.3, 0.4) is 0 Å². The van der Waals surface area contributed by atoms with Crippen molar-refractivity contribution < 1.29 is 8.95 Å². The standard InChI is InChI=1S/C9H19NO2S/c10-5-8-13(11)7-2-4-9-3-1-6-12-9/h9H,1-8,10H2. The average Bonchev–Trinajstić information content (AvgIpc) is 2.57. The first-order valence-corrected chi connectivity index (χ1v) is 6.48. The van der Waals surface area contributed by atoms with Crippen LogP contribution in [-0.4, -0.2) is 35.0 Å². The molecule has 0 saturated carbocycles. The molecular formula is C9H19NO2S. The molecule has 4 heteroatoms. The van der Waals surface area contributed by atoms with Gasteiger partial charge in [0.1, 0.15) is 0 Å². The fourth-order valence-electron chi connectivity index (χ4n) is 1.58. The Hall–Kier alpha value is 0.0700. The van der Waals surface area contributed by atoms with Crippen LogP contribution in [0, 0.1) is 0 Å². The predicted molar refractivity (Wildman–Crippen MR) is 55.1 cm³/mol. The van der Waals surface area contributed by atoms with E-state index in [0.717, 1.165) is 25.2 Å². The summed E-state index contributed by atoms with van der Waals surface area (Å²) in [6, 6.07) is 0. The highest BCUT2D eigenvalue weighted by molar-refractivity contribution is 7.84. The summed E-state index contributed by atoms with van der Waals surface area (Å²) in [5.74, 6) is 1.43. The Balaban J connectivity index is 1.96. The van der Waals surface area contributed by atoms with E-state index in [2.05, 4.69) is 0 Å². The second kappa shape index (κ2) is 6.51. The highest BCUT2D eigenvalue weighted by Crippen LogP contribution is 2.16. The Labute approximate surface area is 82.5 Å². The normalized spacial score (nSPS) is 24.8. The molecule has 0 aromatic carbocycles. The zero-order valence-corrected chi connectivity index (χ0v) is 8.85. The minimum atomic E-state index is -0.701. The van der Waals surface area contributed by atoms with Gasteiger partial charge in [0.25, 0.3) is 0 Å². The van der Waals surface area contributed by atoms with E-state index in [9.17, 15) is 4.21 Å². The van der Waals surface area contributed by atoms with Gasteiger partial charge in [-0.25, -0.2) is 0 Å². The van der Waals surface area contributed by atoms with Crippen LogP contribution in [-0.2, 0) is 15.5 Å². The van der Waals surface area contributed by atoms with Gasteiger partial charge in [-0.3, -0.25) is 4.21 Å². The van der Waals surface area contributed by atoms with Crippen LogP contribution in [0.1, 0.15) is 25.7 Å². The molecule has 0 spiro atoms. The Morgan fingerprint density at radius 2 is 2.31 bits per heavy atom. The highest BCUT2D eigenvalue weighted by atomic mass is 32.2. The Morgan fingerprint density at radius 3 is 2.92 bits per heavy atom. The predicted octanol–water partition coefficient (Wildman–Crippen LogP) is 0.653. The fourth-order valence-corrected chi connectivity index (χ4v) is 2.53. The third-order valence-corrected chi connectivity index (χ3v) is 3.70. The molecule has 13 heavy (non-hydrogen) atoms. The summed E-state index contributed by atoms with van der Waals surface area (Å²) < 4.78 is 16.7. The maximum Gasteiger partial charge on any atom is 0.0576 e. The topological polar surface area (TPSA) is 52.3 Å². The largest absolute Gasteiger partial charge is 0.378 e. The maximum absolute atomic E-state index is 11.2. The van der Waals surface area contributed by atoms with E-state index in [1.807, 2.05) is 0 Å². The lowest BCUT2D eigenvalue weighted by atomic mass is 10.1. The molecule has 2 atom stereocenters. The highest BCUT2D eigenvalue weighted by Gasteiger charge is 2.14. The Morgan fingerprint density at radius 1 is 1.46 bits per heavy atom. The second-order valence-corrected chi connectivity index (χ2v) is 5.11. The minimum Gasteiger partial charge on any atom is -0.378 e. The lowest BCUT2D eigenvalue weighted by molar-refractivity contribution is 0.104. The summed E-state index contributed by atoms with van der Waals surface area (Å²) in [6.45, 7) is 1.45. The van der Waals surface area contributed by atoms with Crippen LogP contribution in [0.5, 0.6) is 0 Å². The molecule has 2 N–H and O–H groups in total. The first-order chi connectivity index (χ1) is 6.33. The van der Waals surface area contributed by atoms with Gasteiger partial charge in [0.15, 0.2) is 0 Å². The van der Waals surface area contributed by atoms with E-state index in [0.29, 0.717) is 18.4 Å². The third kappa shape index (κ3) is 4.74. The molecule has 0 aromatic rings. The molecule has 0 amide bonds. The van der Waals surface area contributed by atoms with E-state index < -0.39 is 10.8 Å². The maximum atomic E-state index is 11.2. The van der Waals surface area contributed by atoms with Crippen molar-refractivity contribution in [3.8, 4) is 0 Å². The summed E-state index contributed by atoms with van der Waals surface area (Å²) in [6.07, 6.45) is 4.89. The Bertz CT molecular complexity index is 158. The molecule has 1 rings (SSSR count). The molecule has 0 aliphatic carbocycles. The van der Waals surface area contributed by atoms with Crippen LogP contribution < -0.4 is 5.73 Å². The molecule has 1 aliphatic rings. The van der Waals surface area contributed by atoms with E-state index in [-0.39, 0.29) is 0 Å². The van der Waals surface area contributed by atoms with Gasteiger partial charge in [0.2, 0.25) is 0 Å². The number of rotatable bonds is 6. The first-order valence-electron chi connectivity index (χ1n) is 4.99. The SMILES string of the molecule is NCCS(=O)CCCC1CCCO1. The van der Waals surface area contributed by atoms with Crippen LogP contribution in [0.15, 0.2) is 0 Å². The lowest BCUT2D eigenvalue weighted by Gasteiger charge is -2.07. The molecule has 2 unspecified atom stereocenters. The second-order valence-electron chi connectivity index (χ2n) is 3.41. The number of hydrogen-bond acceptors (Lipinski definition) is 3. The van der Waals surface area contributed by atoms with Gasteiger partial charge in [-0.15, -0.1) is 0 Å². The molecule has 1 aliphatic heterocycles. The molecule has 1 fully saturated rings. The number of hydrogen-bond donors (Lipinski definition) is 1. The lowest BCUT2D eigenvalue weighted by Crippen LogP contribution is -2.14. The molecule has 1 saturated heterocycles. The molecule has 1 heterocycles. The molecule has 3 nitrogen and oxygen atoms in total. The molecular weight excluding hydrogens is 186 g/mol. The van der Waals surface area contributed by atoms with Crippen molar-refractivity contribution in [3.63, 3.8) is 0 Å². The summed E-state index contributed by atoms with van der Waals surface area (Å²) in [5.41, 5.74) is 5.31. The van der Waals surface area contributed by atoms with E-state index in [1.165, 1.54) is 12.8 Å². The number of ether oxygens (including phenoxy) is 1. The van der Waals surface area contributed by atoms with E-state index in [4.69, 9.17) is 10.5 Å². The van der Waals surface area contributed by atoms with E-state index >= 15 is 0 Å². The minimum absolute atomic E-state index is 0.440. The monoisotopic (exact) mass is 205 g/mol. The molecule has 0 radical (unpaired) electrons. The quantitative estimate of drug-likeness (QED) is 0.693. The van der Waals surface area contributed by atoms with Gasteiger partial charge in [-0.05, 0) is 25.7 Å². The van der Waals surface area contributed by atoms with Crippen molar-refractivity contribution in [2.75, 3.05) is 24.7 Å². The van der Waals surface area contributed by atoms with Crippen molar-refractivity contribution >= 4 is 10.8 Å². The van der Waals surface area contributed by atoms with Gasteiger partial charge in [0, 0.05) is 35.5 Å². The van der Waals surface area contributed by atoms with Crippen LogP contribution in [0.25, 0.3) is 0 Å². The summed E-state index contributed by atoms with van der Waals surface area (Å²) in [4.78, 5) is 0. The van der Waals surface area contributed by atoms with Crippen molar-refractivity contribution in [3.05, 3.63) is 0 Å². The van der Waals surface area contributed by atoms with Crippen molar-refractivity contribution in [2.24, 2.45) is 5.73 Å². The van der Waals surface area contributed by atoms with Crippen molar-refractivity contribution in [1.82, 2.24) is 0 Å². The van der Waals surface area contributed by atoms with Crippen LogP contribution in [0.4, 0.5) is 0 Å². The van der Waals surface area contributed by atoms with Gasteiger partial charge in [0.05, 0.1) is 6.10 Å². The van der Waals surface area contributed by atoms with Crippen molar-refractivity contribution in [1.29, 1.82) is 0 Å². The zero-order valence-electron chi connectivity index (χ0n) is 8.04. The Kier molecular flexibility index (Phi) is 5.58. The molecule has 0 bridgehead atoms. The molecule has 0 aromatic heterocycles. The molecule has 78 valence electrons. The van der Waals surface area contributed by atoms with Crippen LogP contribution >= 0.6 is 0 Å². The first kappa shape index (κ1) is 11.1. The third-order valence-electron chi connectivity index (χ3n) is 2.27. The van der Waals surface area contributed by atoms with Gasteiger partial charge in [-0.1, -0.05) is 0 Å². The summed E-state index contributed by atoms with van der Waals surface area (Å²) >= 11 is 0. The van der Waals surface area contributed by atoms with Crippen LogP contribution in [0.2, 0.25) is 0 Å². The number of nitrogens with two attached hydrogens (primary N) is 1. The van der Waals surface area contributed by atoms with E-state index in [1.54, 1.807) is 0 Å². The fraction of sp³-hybridized carbons (Fsp3) is 1.00. The zero-order chi connectivity index (χ0) is 9.52. The van der Waals surface area contributed by atoms with Gasteiger partial charge < -0.3 is 10.5 Å². The summed E-state index contributed by atoms with van der Waals surface area (Å²) in [7, 11) is -0.701. The van der Waals surface area contributed by atoms with Gasteiger partial charge >= 0.3 is 0 Å². The smallest absolute Gasteiger partial charge is 0.0576 e. The average molecular weight is 205 g/mol. The van der Waals surface area contributed by atoms with Crippen molar-refractivity contribution in [2.45, 2.75) is 31.8 Å².